The summed E-state index contributed by atoms with van der Waals surface area (Å²) in [5.41, 5.74) is 1.56. The van der Waals surface area contributed by atoms with Gasteiger partial charge in [-0.25, -0.2) is 8.78 Å². The molecule has 1 aromatic carbocycles. The first-order valence-corrected chi connectivity index (χ1v) is 4.37. The Kier molecular flexibility index (Phi) is 1.94. The summed E-state index contributed by atoms with van der Waals surface area (Å²) in [6.07, 6.45) is -0.224. The standard InChI is InChI=1S/C10H11F2N/c11-10(12)5-6-13-9-4-2-1-3-8(9)7-10/h1-4,13H,5-7H2. The Balaban J connectivity index is 2.34. The maximum Gasteiger partial charge on any atom is 0.253 e. The first-order chi connectivity index (χ1) is 6.17. The lowest BCUT2D eigenvalue weighted by Crippen LogP contribution is -2.19. The van der Waals surface area contributed by atoms with Crippen molar-refractivity contribution in [3.63, 3.8) is 0 Å². The molecule has 1 heterocycles. The molecule has 1 aromatic rings. The van der Waals surface area contributed by atoms with Crippen molar-refractivity contribution in [1.29, 1.82) is 0 Å². The molecular weight excluding hydrogens is 172 g/mol. The monoisotopic (exact) mass is 183 g/mol. The quantitative estimate of drug-likeness (QED) is 0.652. The third-order valence-electron chi connectivity index (χ3n) is 2.27. The van der Waals surface area contributed by atoms with Gasteiger partial charge < -0.3 is 5.32 Å². The highest BCUT2D eigenvalue weighted by atomic mass is 19.3. The Labute approximate surface area is 75.8 Å². The van der Waals surface area contributed by atoms with Crippen molar-refractivity contribution in [3.05, 3.63) is 29.8 Å². The van der Waals surface area contributed by atoms with Gasteiger partial charge in [0, 0.05) is 25.1 Å². The third kappa shape index (κ3) is 1.79. The van der Waals surface area contributed by atoms with E-state index in [4.69, 9.17) is 0 Å². The zero-order chi connectivity index (χ0) is 9.31. The number of hydrogen-bond donors (Lipinski definition) is 1. The summed E-state index contributed by atoms with van der Waals surface area (Å²) in [6.45, 7) is 0.351. The van der Waals surface area contributed by atoms with E-state index < -0.39 is 5.92 Å². The van der Waals surface area contributed by atoms with E-state index in [-0.39, 0.29) is 12.8 Å². The van der Waals surface area contributed by atoms with Crippen LogP contribution in [-0.4, -0.2) is 12.5 Å². The maximum absolute atomic E-state index is 13.1. The van der Waals surface area contributed by atoms with Gasteiger partial charge >= 0.3 is 0 Å². The topological polar surface area (TPSA) is 12.0 Å². The van der Waals surface area contributed by atoms with Crippen LogP contribution in [0.25, 0.3) is 0 Å². The molecule has 1 nitrogen and oxygen atoms in total. The first kappa shape index (κ1) is 8.48. The highest BCUT2D eigenvalue weighted by Gasteiger charge is 2.31. The van der Waals surface area contributed by atoms with E-state index in [1.807, 2.05) is 12.1 Å². The molecule has 3 heteroatoms. The molecule has 1 aliphatic heterocycles. The van der Waals surface area contributed by atoms with Crippen molar-refractivity contribution in [2.24, 2.45) is 0 Å². The summed E-state index contributed by atoms with van der Waals surface area (Å²) in [5.74, 6) is -2.56. The van der Waals surface area contributed by atoms with Gasteiger partial charge in [-0.3, -0.25) is 0 Å². The van der Waals surface area contributed by atoms with Gasteiger partial charge in [0.25, 0.3) is 5.92 Å². The fraction of sp³-hybridized carbons (Fsp3) is 0.400. The number of fused-ring (bicyclic) bond motifs is 1. The molecule has 0 saturated carbocycles. The molecule has 0 aliphatic carbocycles. The van der Waals surface area contributed by atoms with Crippen LogP contribution in [0, 0.1) is 0 Å². The minimum atomic E-state index is -2.56. The Morgan fingerprint density at radius 2 is 2.00 bits per heavy atom. The minimum absolute atomic E-state index is 0.0817. The number of anilines is 1. The highest BCUT2D eigenvalue weighted by molar-refractivity contribution is 5.52. The van der Waals surface area contributed by atoms with Gasteiger partial charge in [-0.2, -0.15) is 0 Å². The molecule has 70 valence electrons. The van der Waals surface area contributed by atoms with E-state index >= 15 is 0 Å². The number of benzene rings is 1. The molecule has 0 radical (unpaired) electrons. The van der Waals surface area contributed by atoms with Crippen molar-refractivity contribution < 1.29 is 8.78 Å². The van der Waals surface area contributed by atoms with Crippen LogP contribution in [0.2, 0.25) is 0 Å². The largest absolute Gasteiger partial charge is 0.385 e. The Morgan fingerprint density at radius 3 is 2.85 bits per heavy atom. The molecule has 0 aromatic heterocycles. The van der Waals surface area contributed by atoms with Crippen LogP contribution in [0.15, 0.2) is 24.3 Å². The smallest absolute Gasteiger partial charge is 0.253 e. The van der Waals surface area contributed by atoms with Gasteiger partial charge in [-0.1, -0.05) is 18.2 Å². The van der Waals surface area contributed by atoms with Crippen LogP contribution in [0.3, 0.4) is 0 Å². The van der Waals surface area contributed by atoms with Gasteiger partial charge in [0.05, 0.1) is 0 Å². The second-order valence-corrected chi connectivity index (χ2v) is 3.37. The molecule has 1 N–H and O–H groups in total. The predicted molar refractivity (Wildman–Crippen MR) is 48.2 cm³/mol. The van der Waals surface area contributed by atoms with Crippen molar-refractivity contribution in [1.82, 2.24) is 0 Å². The predicted octanol–water partition coefficient (Wildman–Crippen LogP) is 2.68. The van der Waals surface area contributed by atoms with E-state index in [1.165, 1.54) is 0 Å². The molecule has 13 heavy (non-hydrogen) atoms. The fourth-order valence-electron chi connectivity index (χ4n) is 1.59. The lowest BCUT2D eigenvalue weighted by atomic mass is 10.1. The van der Waals surface area contributed by atoms with Crippen LogP contribution < -0.4 is 5.32 Å². The Morgan fingerprint density at radius 1 is 1.23 bits per heavy atom. The second kappa shape index (κ2) is 2.98. The number of nitrogens with one attached hydrogen (secondary N) is 1. The molecule has 0 spiro atoms. The summed E-state index contributed by atoms with van der Waals surface area (Å²) < 4.78 is 26.2. The molecular formula is C10H11F2N. The van der Waals surface area contributed by atoms with E-state index in [0.717, 1.165) is 5.69 Å². The van der Waals surface area contributed by atoms with Gasteiger partial charge in [0.2, 0.25) is 0 Å². The molecule has 0 bridgehead atoms. The number of halogens is 2. The van der Waals surface area contributed by atoms with Crippen LogP contribution in [0.5, 0.6) is 0 Å². The summed E-state index contributed by atoms with van der Waals surface area (Å²) in [4.78, 5) is 0. The lowest BCUT2D eigenvalue weighted by molar-refractivity contribution is -0.00195. The molecule has 0 fully saturated rings. The van der Waals surface area contributed by atoms with Crippen LogP contribution in [-0.2, 0) is 6.42 Å². The van der Waals surface area contributed by atoms with E-state index in [9.17, 15) is 8.78 Å². The number of hydrogen-bond acceptors (Lipinski definition) is 1. The molecule has 0 atom stereocenters. The molecule has 0 unspecified atom stereocenters. The van der Waals surface area contributed by atoms with Crippen molar-refractivity contribution in [3.8, 4) is 0 Å². The first-order valence-electron chi connectivity index (χ1n) is 4.37. The molecule has 2 rings (SSSR count). The molecule has 0 amide bonds. The Hall–Kier alpha value is -1.12. The molecule has 0 saturated heterocycles. The average Bonchev–Trinajstić information content (AvgIpc) is 2.21. The average molecular weight is 183 g/mol. The summed E-state index contributed by atoms with van der Waals surface area (Å²) in [7, 11) is 0. The minimum Gasteiger partial charge on any atom is -0.385 e. The summed E-state index contributed by atoms with van der Waals surface area (Å²) in [5, 5.41) is 3.00. The summed E-state index contributed by atoms with van der Waals surface area (Å²) >= 11 is 0. The van der Waals surface area contributed by atoms with Gasteiger partial charge in [0.1, 0.15) is 0 Å². The zero-order valence-electron chi connectivity index (χ0n) is 7.19. The number of alkyl halides is 2. The van der Waals surface area contributed by atoms with Gasteiger partial charge in [0.15, 0.2) is 0 Å². The van der Waals surface area contributed by atoms with Crippen LogP contribution >= 0.6 is 0 Å². The zero-order valence-corrected chi connectivity index (χ0v) is 7.19. The molecule has 1 aliphatic rings. The van der Waals surface area contributed by atoms with Crippen molar-refractivity contribution in [2.45, 2.75) is 18.8 Å². The van der Waals surface area contributed by atoms with E-state index in [1.54, 1.807) is 12.1 Å². The Bertz CT molecular complexity index is 310. The third-order valence-corrected chi connectivity index (χ3v) is 2.27. The lowest BCUT2D eigenvalue weighted by Gasteiger charge is -2.12. The fourth-order valence-corrected chi connectivity index (χ4v) is 1.59. The maximum atomic E-state index is 13.1. The number of rotatable bonds is 0. The second-order valence-electron chi connectivity index (χ2n) is 3.37. The highest BCUT2D eigenvalue weighted by Crippen LogP contribution is 2.30. The van der Waals surface area contributed by atoms with E-state index in [2.05, 4.69) is 5.32 Å². The SMILES string of the molecule is FC1(F)CCNc2ccccc2C1. The number of para-hydroxylation sites is 1. The van der Waals surface area contributed by atoms with Crippen molar-refractivity contribution >= 4 is 5.69 Å². The van der Waals surface area contributed by atoms with Crippen LogP contribution in [0.4, 0.5) is 14.5 Å². The summed E-state index contributed by atoms with van der Waals surface area (Å²) in [6, 6.07) is 7.25. The van der Waals surface area contributed by atoms with Crippen molar-refractivity contribution in [2.75, 3.05) is 11.9 Å². The van der Waals surface area contributed by atoms with Gasteiger partial charge in [-0.05, 0) is 11.6 Å². The normalized spacial score (nSPS) is 19.8. The van der Waals surface area contributed by atoms with Gasteiger partial charge in [-0.15, -0.1) is 0 Å². The van der Waals surface area contributed by atoms with E-state index in [0.29, 0.717) is 12.1 Å². The van der Waals surface area contributed by atoms with Crippen LogP contribution in [0.1, 0.15) is 12.0 Å².